The molecule has 5 rings (SSSR count). The molecule has 0 spiro atoms. The SMILES string of the molecule is Cc1ccc(COc2cccc(/C=C3\S/C(=N/c4nc(C)cs4)N(C4CCCCC4)C3=O)c2)cc1. The van der Waals surface area contributed by atoms with E-state index in [1.807, 2.05) is 47.5 Å². The van der Waals surface area contributed by atoms with Crippen LogP contribution in [0.15, 0.2) is 63.8 Å². The van der Waals surface area contributed by atoms with Crippen LogP contribution in [0.25, 0.3) is 6.08 Å². The smallest absolute Gasteiger partial charge is 0.267 e. The average Bonchev–Trinajstić information content (AvgIpc) is 3.41. The lowest BCUT2D eigenvalue weighted by Gasteiger charge is -2.30. The second-order valence-electron chi connectivity index (χ2n) is 9.09. The van der Waals surface area contributed by atoms with Crippen LogP contribution in [0, 0.1) is 13.8 Å². The summed E-state index contributed by atoms with van der Waals surface area (Å²) in [4.78, 5) is 25.4. The number of thioether (sulfide) groups is 1. The highest BCUT2D eigenvalue weighted by atomic mass is 32.2. The Morgan fingerprint density at radius 2 is 1.91 bits per heavy atom. The number of hydrogen-bond donors (Lipinski definition) is 0. The van der Waals surface area contributed by atoms with E-state index in [0.717, 1.165) is 53.4 Å². The van der Waals surface area contributed by atoms with Crippen LogP contribution in [0.1, 0.15) is 54.5 Å². The van der Waals surface area contributed by atoms with Gasteiger partial charge in [0.05, 0.1) is 10.6 Å². The third kappa shape index (κ3) is 5.85. The molecule has 0 N–H and O–H groups in total. The monoisotopic (exact) mass is 503 g/mol. The fourth-order valence-electron chi connectivity index (χ4n) is 4.40. The zero-order valence-electron chi connectivity index (χ0n) is 20.1. The van der Waals surface area contributed by atoms with Crippen molar-refractivity contribution in [1.82, 2.24) is 9.88 Å². The van der Waals surface area contributed by atoms with Gasteiger partial charge in [0.15, 0.2) is 5.17 Å². The first kappa shape index (κ1) is 23.8. The van der Waals surface area contributed by atoms with Gasteiger partial charge in [-0.05, 0) is 67.8 Å². The molecule has 180 valence electrons. The van der Waals surface area contributed by atoms with Gasteiger partial charge in [-0.1, -0.05) is 61.2 Å². The number of benzene rings is 2. The summed E-state index contributed by atoms with van der Waals surface area (Å²) >= 11 is 2.96. The summed E-state index contributed by atoms with van der Waals surface area (Å²) in [5.41, 5.74) is 4.25. The lowest BCUT2D eigenvalue weighted by Crippen LogP contribution is -2.40. The molecule has 35 heavy (non-hydrogen) atoms. The third-order valence-corrected chi connectivity index (χ3v) is 8.09. The zero-order valence-corrected chi connectivity index (χ0v) is 21.7. The number of amidine groups is 1. The van der Waals surface area contributed by atoms with Crippen molar-refractivity contribution >= 4 is 45.4 Å². The van der Waals surface area contributed by atoms with Crippen LogP contribution in [-0.2, 0) is 11.4 Å². The van der Waals surface area contributed by atoms with Gasteiger partial charge in [0.2, 0.25) is 5.13 Å². The molecule has 0 unspecified atom stereocenters. The van der Waals surface area contributed by atoms with Gasteiger partial charge in [-0.2, -0.15) is 4.99 Å². The summed E-state index contributed by atoms with van der Waals surface area (Å²) in [5, 5.41) is 3.44. The number of carbonyl (C=O) groups is 1. The number of rotatable bonds is 6. The van der Waals surface area contributed by atoms with Gasteiger partial charge in [-0.3, -0.25) is 9.69 Å². The number of amides is 1. The summed E-state index contributed by atoms with van der Waals surface area (Å²) in [7, 11) is 0. The summed E-state index contributed by atoms with van der Waals surface area (Å²) in [5.74, 6) is 0.826. The van der Waals surface area contributed by atoms with Crippen molar-refractivity contribution in [2.75, 3.05) is 0 Å². The molecule has 1 aromatic heterocycles. The van der Waals surface area contributed by atoms with Crippen LogP contribution in [0.5, 0.6) is 5.75 Å². The van der Waals surface area contributed by atoms with E-state index >= 15 is 0 Å². The molecule has 2 aromatic carbocycles. The molecular weight excluding hydrogens is 474 g/mol. The van der Waals surface area contributed by atoms with Crippen molar-refractivity contribution in [3.8, 4) is 5.75 Å². The molecule has 5 nitrogen and oxygen atoms in total. The number of aromatic nitrogens is 1. The molecule has 1 aliphatic heterocycles. The summed E-state index contributed by atoms with van der Waals surface area (Å²) < 4.78 is 6.02. The minimum atomic E-state index is 0.0416. The van der Waals surface area contributed by atoms with Gasteiger partial charge >= 0.3 is 0 Å². The third-order valence-electron chi connectivity index (χ3n) is 6.26. The summed E-state index contributed by atoms with van der Waals surface area (Å²) in [6.07, 6.45) is 7.55. The van der Waals surface area contributed by atoms with Gasteiger partial charge in [-0.25, -0.2) is 4.98 Å². The molecule has 0 atom stereocenters. The molecule has 7 heteroatoms. The number of carbonyl (C=O) groups excluding carboxylic acids is 1. The molecule has 3 aromatic rings. The Bertz CT molecular complexity index is 1260. The van der Waals surface area contributed by atoms with Crippen LogP contribution < -0.4 is 4.74 Å². The maximum atomic E-state index is 13.5. The molecule has 2 fully saturated rings. The fraction of sp³-hybridized carbons (Fsp3) is 0.321. The Labute approximate surface area is 215 Å². The molecule has 1 saturated carbocycles. The second-order valence-corrected chi connectivity index (χ2v) is 10.9. The van der Waals surface area contributed by atoms with Gasteiger partial charge in [0, 0.05) is 11.4 Å². The Morgan fingerprint density at radius 1 is 1.11 bits per heavy atom. The molecule has 0 radical (unpaired) electrons. The highest BCUT2D eigenvalue weighted by molar-refractivity contribution is 8.18. The highest BCUT2D eigenvalue weighted by Crippen LogP contribution is 2.39. The highest BCUT2D eigenvalue weighted by Gasteiger charge is 2.38. The summed E-state index contributed by atoms with van der Waals surface area (Å²) in [6, 6.07) is 16.5. The van der Waals surface area contributed by atoms with E-state index < -0.39 is 0 Å². The van der Waals surface area contributed by atoms with Crippen molar-refractivity contribution in [3.63, 3.8) is 0 Å². The Balaban J connectivity index is 1.37. The predicted octanol–water partition coefficient (Wildman–Crippen LogP) is 7.28. The van der Waals surface area contributed by atoms with Gasteiger partial charge in [-0.15, -0.1) is 11.3 Å². The number of thiazole rings is 1. The van der Waals surface area contributed by atoms with Gasteiger partial charge in [0.1, 0.15) is 12.4 Å². The van der Waals surface area contributed by atoms with Crippen LogP contribution in [0.4, 0.5) is 5.13 Å². The van der Waals surface area contributed by atoms with E-state index in [4.69, 9.17) is 9.73 Å². The number of hydrogen-bond acceptors (Lipinski definition) is 6. The van der Waals surface area contributed by atoms with E-state index in [1.54, 1.807) is 0 Å². The molecule has 2 heterocycles. The molecule has 1 amide bonds. The van der Waals surface area contributed by atoms with Gasteiger partial charge < -0.3 is 4.74 Å². The maximum Gasteiger partial charge on any atom is 0.267 e. The van der Waals surface area contributed by atoms with E-state index in [0.29, 0.717) is 16.6 Å². The molecule has 1 aliphatic carbocycles. The van der Waals surface area contributed by atoms with Crippen molar-refractivity contribution < 1.29 is 9.53 Å². The standard InChI is InChI=1S/C28H29N3O2S2/c1-19-11-13-21(14-12-19)17-33-24-10-6-7-22(15-24)16-25-26(32)31(23-8-4-3-5-9-23)28(35-25)30-27-29-20(2)18-34-27/h6-7,10-16,18,23H,3-5,8-9,17H2,1-2H3/b25-16-,30-28+. The van der Waals surface area contributed by atoms with Crippen molar-refractivity contribution in [2.24, 2.45) is 4.99 Å². The average molecular weight is 504 g/mol. The number of aryl methyl sites for hydroxylation is 2. The van der Waals surface area contributed by atoms with Crippen LogP contribution >= 0.6 is 23.1 Å². The summed E-state index contributed by atoms with van der Waals surface area (Å²) in [6.45, 7) is 4.55. The first-order valence-corrected chi connectivity index (χ1v) is 13.8. The quantitative estimate of drug-likeness (QED) is 0.332. The zero-order chi connectivity index (χ0) is 24.2. The maximum absolute atomic E-state index is 13.5. The molecule has 0 bridgehead atoms. The van der Waals surface area contributed by atoms with E-state index in [1.165, 1.54) is 35.1 Å². The largest absolute Gasteiger partial charge is 0.489 e. The lowest BCUT2D eigenvalue weighted by atomic mass is 9.94. The van der Waals surface area contributed by atoms with Crippen molar-refractivity contribution in [2.45, 2.75) is 58.6 Å². The van der Waals surface area contributed by atoms with E-state index in [-0.39, 0.29) is 11.9 Å². The first-order chi connectivity index (χ1) is 17.0. The van der Waals surface area contributed by atoms with Crippen LogP contribution in [0.2, 0.25) is 0 Å². The van der Waals surface area contributed by atoms with E-state index in [2.05, 4.69) is 36.2 Å². The Kier molecular flexibility index (Phi) is 7.35. The topological polar surface area (TPSA) is 54.8 Å². The van der Waals surface area contributed by atoms with Crippen molar-refractivity contribution in [3.05, 3.63) is 81.2 Å². The Hall–Kier alpha value is -2.90. The van der Waals surface area contributed by atoms with Crippen LogP contribution in [0.3, 0.4) is 0 Å². The molecule has 1 saturated heterocycles. The number of nitrogens with zero attached hydrogens (tertiary/aromatic N) is 3. The number of ether oxygens (including phenoxy) is 1. The molecular formula is C28H29N3O2S2. The predicted molar refractivity (Wildman–Crippen MR) is 145 cm³/mol. The van der Waals surface area contributed by atoms with Gasteiger partial charge in [0.25, 0.3) is 5.91 Å². The fourth-order valence-corrected chi connectivity index (χ4v) is 6.16. The number of aliphatic imine (C=N–C) groups is 1. The first-order valence-electron chi connectivity index (χ1n) is 12.1. The Morgan fingerprint density at radius 3 is 2.66 bits per heavy atom. The normalized spacial score (nSPS) is 19.1. The second kappa shape index (κ2) is 10.8. The minimum Gasteiger partial charge on any atom is -0.489 e. The molecule has 2 aliphatic rings. The van der Waals surface area contributed by atoms with Crippen LogP contribution in [-0.4, -0.2) is 27.0 Å². The lowest BCUT2D eigenvalue weighted by molar-refractivity contribution is -0.124. The van der Waals surface area contributed by atoms with Crippen molar-refractivity contribution in [1.29, 1.82) is 0 Å². The van der Waals surface area contributed by atoms with E-state index in [9.17, 15) is 4.79 Å². The minimum absolute atomic E-state index is 0.0416.